The van der Waals surface area contributed by atoms with Crippen LogP contribution in [0.5, 0.6) is 0 Å². The quantitative estimate of drug-likeness (QED) is 0.895. The van der Waals surface area contributed by atoms with Crippen LogP contribution in [0, 0.1) is 5.92 Å². The number of carboxylic acids is 1. The molecule has 18 heavy (non-hydrogen) atoms. The van der Waals surface area contributed by atoms with Gasteiger partial charge in [-0.15, -0.1) is 11.3 Å². The number of carboxylic acid groups (broad SMARTS) is 1. The molecule has 0 aliphatic rings. The number of aromatic carboxylic acids is 1. The molecule has 5 heteroatoms. The zero-order valence-electron chi connectivity index (χ0n) is 10.3. The molecule has 0 atom stereocenters. The molecule has 2 aromatic rings. The van der Waals surface area contributed by atoms with Crippen molar-refractivity contribution >= 4 is 17.3 Å². The molecular weight excluding hydrogens is 250 g/mol. The lowest BCUT2D eigenvalue weighted by molar-refractivity contribution is 0.0688. The minimum atomic E-state index is -1.03. The lowest BCUT2D eigenvalue weighted by atomic mass is 10.1. The average molecular weight is 265 g/mol. The van der Waals surface area contributed by atoms with Gasteiger partial charge in [0, 0.05) is 6.42 Å². The van der Waals surface area contributed by atoms with Crippen LogP contribution in [0.3, 0.4) is 0 Å². The average Bonchev–Trinajstić information content (AvgIpc) is 2.94. The van der Waals surface area contributed by atoms with Crippen LogP contribution in [0.1, 0.15) is 36.5 Å². The van der Waals surface area contributed by atoms with Gasteiger partial charge in [-0.05, 0) is 23.8 Å². The van der Waals surface area contributed by atoms with Crippen molar-refractivity contribution in [3.8, 4) is 10.8 Å². The van der Waals surface area contributed by atoms with E-state index in [0.717, 1.165) is 11.3 Å². The second kappa shape index (κ2) is 5.35. The predicted octanol–water partition coefficient (Wildman–Crippen LogP) is 3.69. The van der Waals surface area contributed by atoms with E-state index in [2.05, 4.69) is 18.8 Å². The lowest BCUT2D eigenvalue weighted by Crippen LogP contribution is -2.02. The van der Waals surface area contributed by atoms with Crippen LogP contribution >= 0.6 is 11.3 Å². The van der Waals surface area contributed by atoms with Gasteiger partial charge in [0.05, 0.1) is 4.88 Å². The molecule has 0 saturated heterocycles. The molecular formula is C13H15NO3S. The van der Waals surface area contributed by atoms with Gasteiger partial charge in [-0.3, -0.25) is 0 Å². The Labute approximate surface area is 109 Å². The van der Waals surface area contributed by atoms with E-state index >= 15 is 0 Å². The number of thiophene rings is 1. The first kappa shape index (κ1) is 12.8. The summed E-state index contributed by atoms with van der Waals surface area (Å²) in [7, 11) is 0. The van der Waals surface area contributed by atoms with Crippen LogP contribution in [-0.4, -0.2) is 16.1 Å². The van der Waals surface area contributed by atoms with E-state index in [4.69, 9.17) is 9.52 Å². The van der Waals surface area contributed by atoms with Crippen LogP contribution in [0.2, 0.25) is 0 Å². The number of carbonyl (C=O) groups is 1. The van der Waals surface area contributed by atoms with Crippen molar-refractivity contribution in [2.75, 3.05) is 0 Å². The summed E-state index contributed by atoms with van der Waals surface area (Å²) in [5.41, 5.74) is 0.0408. The molecule has 4 nitrogen and oxygen atoms in total. The summed E-state index contributed by atoms with van der Waals surface area (Å²) in [6, 6.07) is 3.76. The number of hydrogen-bond donors (Lipinski definition) is 1. The Morgan fingerprint density at radius 1 is 1.56 bits per heavy atom. The van der Waals surface area contributed by atoms with Crippen molar-refractivity contribution in [1.82, 2.24) is 4.98 Å². The van der Waals surface area contributed by atoms with Crippen molar-refractivity contribution in [3.05, 3.63) is 29.0 Å². The molecule has 0 fully saturated rings. The van der Waals surface area contributed by atoms with Crippen LogP contribution in [-0.2, 0) is 6.42 Å². The molecule has 0 radical (unpaired) electrons. The monoisotopic (exact) mass is 265 g/mol. The Kier molecular flexibility index (Phi) is 3.81. The SMILES string of the molecule is CC(C)CCc1oc(-c2cccs2)nc1C(=O)O. The molecule has 2 heterocycles. The molecule has 0 aromatic carbocycles. The van der Waals surface area contributed by atoms with Crippen molar-refractivity contribution < 1.29 is 14.3 Å². The third-order valence-electron chi connectivity index (χ3n) is 2.58. The number of nitrogens with zero attached hydrogens (tertiary/aromatic N) is 1. The summed E-state index contributed by atoms with van der Waals surface area (Å²) < 4.78 is 5.59. The standard InChI is InChI=1S/C13H15NO3S/c1-8(2)5-6-9-11(13(15)16)14-12(17-9)10-4-3-7-18-10/h3-4,7-8H,5-6H2,1-2H3,(H,15,16). The van der Waals surface area contributed by atoms with Crippen molar-refractivity contribution in [2.24, 2.45) is 5.92 Å². The van der Waals surface area contributed by atoms with Gasteiger partial charge in [0.2, 0.25) is 5.89 Å². The van der Waals surface area contributed by atoms with Crippen LogP contribution < -0.4 is 0 Å². The van der Waals surface area contributed by atoms with Crippen molar-refractivity contribution in [1.29, 1.82) is 0 Å². The van der Waals surface area contributed by atoms with Gasteiger partial charge in [0.1, 0.15) is 5.76 Å². The van der Waals surface area contributed by atoms with Gasteiger partial charge < -0.3 is 9.52 Å². The van der Waals surface area contributed by atoms with Crippen molar-refractivity contribution in [3.63, 3.8) is 0 Å². The van der Waals surface area contributed by atoms with E-state index in [1.165, 1.54) is 11.3 Å². The molecule has 2 aromatic heterocycles. The normalized spacial score (nSPS) is 11.1. The Bertz CT molecular complexity index is 528. The highest BCUT2D eigenvalue weighted by molar-refractivity contribution is 7.13. The summed E-state index contributed by atoms with van der Waals surface area (Å²) in [5.74, 6) is 0.350. The Morgan fingerprint density at radius 3 is 2.89 bits per heavy atom. The molecule has 0 amide bonds. The van der Waals surface area contributed by atoms with Gasteiger partial charge in [0.15, 0.2) is 5.69 Å². The van der Waals surface area contributed by atoms with E-state index in [-0.39, 0.29) is 5.69 Å². The number of rotatable bonds is 5. The fourth-order valence-corrected chi connectivity index (χ4v) is 2.26. The molecule has 0 spiro atoms. The number of aromatic nitrogens is 1. The first-order chi connectivity index (χ1) is 8.58. The van der Waals surface area contributed by atoms with E-state index in [1.54, 1.807) is 0 Å². The third-order valence-corrected chi connectivity index (χ3v) is 3.44. The van der Waals surface area contributed by atoms with E-state index < -0.39 is 5.97 Å². The summed E-state index contributed by atoms with van der Waals surface area (Å²) >= 11 is 1.48. The maximum Gasteiger partial charge on any atom is 0.358 e. The van der Waals surface area contributed by atoms with Crippen LogP contribution in [0.25, 0.3) is 10.8 Å². The smallest absolute Gasteiger partial charge is 0.358 e. The number of hydrogen-bond acceptors (Lipinski definition) is 4. The van der Waals surface area contributed by atoms with Crippen LogP contribution in [0.4, 0.5) is 0 Å². The van der Waals surface area contributed by atoms with E-state index in [0.29, 0.717) is 24.0 Å². The Hall–Kier alpha value is -1.62. The molecule has 2 rings (SSSR count). The van der Waals surface area contributed by atoms with Gasteiger partial charge in [-0.1, -0.05) is 19.9 Å². The highest BCUT2D eigenvalue weighted by Crippen LogP contribution is 2.27. The maximum atomic E-state index is 11.1. The second-order valence-electron chi connectivity index (χ2n) is 4.51. The number of aryl methyl sites for hydroxylation is 1. The minimum Gasteiger partial charge on any atom is -0.476 e. The summed E-state index contributed by atoms with van der Waals surface area (Å²) in [6.45, 7) is 4.19. The first-order valence-corrected chi connectivity index (χ1v) is 6.72. The van der Waals surface area contributed by atoms with Gasteiger partial charge in [-0.2, -0.15) is 0 Å². The predicted molar refractivity (Wildman–Crippen MR) is 69.9 cm³/mol. The maximum absolute atomic E-state index is 11.1. The Morgan fingerprint density at radius 2 is 2.33 bits per heavy atom. The van der Waals surface area contributed by atoms with E-state index in [9.17, 15) is 4.79 Å². The first-order valence-electron chi connectivity index (χ1n) is 5.84. The zero-order chi connectivity index (χ0) is 13.1. The fraction of sp³-hybridized carbons (Fsp3) is 0.385. The van der Waals surface area contributed by atoms with Crippen LogP contribution in [0.15, 0.2) is 21.9 Å². The molecule has 0 aliphatic heterocycles. The second-order valence-corrected chi connectivity index (χ2v) is 5.45. The molecule has 0 aliphatic carbocycles. The van der Waals surface area contributed by atoms with E-state index in [1.807, 2.05) is 17.5 Å². The Balaban J connectivity index is 2.30. The molecule has 96 valence electrons. The minimum absolute atomic E-state index is 0.0408. The largest absolute Gasteiger partial charge is 0.476 e. The third kappa shape index (κ3) is 2.79. The lowest BCUT2D eigenvalue weighted by Gasteiger charge is -2.01. The summed E-state index contributed by atoms with van der Waals surface area (Å²) in [6.07, 6.45) is 1.50. The van der Waals surface area contributed by atoms with Gasteiger partial charge >= 0.3 is 5.97 Å². The highest BCUT2D eigenvalue weighted by atomic mass is 32.1. The summed E-state index contributed by atoms with van der Waals surface area (Å²) in [5, 5.41) is 11.0. The zero-order valence-corrected chi connectivity index (χ0v) is 11.2. The topological polar surface area (TPSA) is 63.3 Å². The number of oxazole rings is 1. The van der Waals surface area contributed by atoms with Gasteiger partial charge in [0.25, 0.3) is 0 Å². The summed E-state index contributed by atoms with van der Waals surface area (Å²) in [4.78, 5) is 16.1. The molecule has 0 unspecified atom stereocenters. The molecule has 1 N–H and O–H groups in total. The fourth-order valence-electron chi connectivity index (χ4n) is 1.61. The van der Waals surface area contributed by atoms with Gasteiger partial charge in [-0.25, -0.2) is 9.78 Å². The molecule has 0 saturated carbocycles. The highest BCUT2D eigenvalue weighted by Gasteiger charge is 2.20. The molecule has 0 bridgehead atoms. The van der Waals surface area contributed by atoms with Crippen molar-refractivity contribution in [2.45, 2.75) is 26.7 Å².